The zero-order chi connectivity index (χ0) is 13.0. The molecule has 0 aliphatic heterocycles. The summed E-state index contributed by atoms with van der Waals surface area (Å²) in [5.41, 5.74) is 2.61. The fourth-order valence-electron chi connectivity index (χ4n) is 2.49. The summed E-state index contributed by atoms with van der Waals surface area (Å²) >= 11 is 0. The maximum atomic E-state index is 5.87. The van der Waals surface area contributed by atoms with Crippen LogP contribution in [0.4, 0.5) is 0 Å². The van der Waals surface area contributed by atoms with Crippen LogP contribution in [0, 0.1) is 0 Å². The average molecular weight is 251 g/mol. The second-order valence-corrected chi connectivity index (χ2v) is 4.44. The summed E-state index contributed by atoms with van der Waals surface area (Å²) < 4.78 is 16.2. The molecule has 2 unspecified atom stereocenters. The van der Waals surface area contributed by atoms with Crippen molar-refractivity contribution in [2.75, 3.05) is 34.5 Å². The molecule has 0 saturated heterocycles. The summed E-state index contributed by atoms with van der Waals surface area (Å²) in [7, 11) is 5.34. The van der Waals surface area contributed by atoms with E-state index in [1.54, 1.807) is 14.2 Å². The van der Waals surface area contributed by atoms with Gasteiger partial charge in [-0.1, -0.05) is 6.07 Å². The molecular weight excluding hydrogens is 230 g/mol. The molecule has 0 radical (unpaired) electrons. The van der Waals surface area contributed by atoms with Crippen LogP contribution in [0.3, 0.4) is 0 Å². The van der Waals surface area contributed by atoms with Gasteiger partial charge in [0.05, 0.1) is 32.5 Å². The quantitative estimate of drug-likeness (QED) is 0.779. The Kier molecular flexibility index (Phi) is 4.58. The number of benzene rings is 1. The number of hydrogen-bond acceptors (Lipinski definition) is 4. The molecule has 1 aliphatic rings. The lowest BCUT2D eigenvalue weighted by atomic mass is 10.1. The highest BCUT2D eigenvalue weighted by atomic mass is 16.5. The zero-order valence-electron chi connectivity index (χ0n) is 11.2. The van der Waals surface area contributed by atoms with Crippen LogP contribution in [-0.2, 0) is 15.9 Å². The summed E-state index contributed by atoms with van der Waals surface area (Å²) in [6.07, 6.45) is 1.11. The van der Waals surface area contributed by atoms with Crippen molar-refractivity contribution in [1.29, 1.82) is 0 Å². The number of likely N-dealkylation sites (N-methyl/N-ethyl adjacent to an activating group) is 1. The molecule has 18 heavy (non-hydrogen) atoms. The van der Waals surface area contributed by atoms with Gasteiger partial charge < -0.3 is 19.5 Å². The lowest BCUT2D eigenvalue weighted by Gasteiger charge is -2.20. The number of fused-ring (bicyclic) bond motifs is 1. The fraction of sp³-hybridized carbons (Fsp3) is 0.571. The SMILES string of the molecule is CNC1c2cc(OC)ccc2CC1OCCOC. The van der Waals surface area contributed by atoms with Crippen molar-refractivity contribution < 1.29 is 14.2 Å². The van der Waals surface area contributed by atoms with E-state index in [2.05, 4.69) is 17.4 Å². The number of methoxy groups -OCH3 is 2. The van der Waals surface area contributed by atoms with E-state index in [-0.39, 0.29) is 12.1 Å². The van der Waals surface area contributed by atoms with Gasteiger partial charge >= 0.3 is 0 Å². The summed E-state index contributed by atoms with van der Waals surface area (Å²) in [6.45, 7) is 1.26. The summed E-state index contributed by atoms with van der Waals surface area (Å²) in [4.78, 5) is 0. The van der Waals surface area contributed by atoms with E-state index in [9.17, 15) is 0 Å². The highest BCUT2D eigenvalue weighted by Crippen LogP contribution is 2.35. The minimum Gasteiger partial charge on any atom is -0.497 e. The molecular formula is C14H21NO3. The van der Waals surface area contributed by atoms with E-state index in [0.717, 1.165) is 12.2 Å². The Morgan fingerprint density at radius 2 is 2.11 bits per heavy atom. The molecule has 1 N–H and O–H groups in total. The molecule has 1 aliphatic carbocycles. The van der Waals surface area contributed by atoms with Crippen molar-refractivity contribution in [2.45, 2.75) is 18.6 Å². The first-order chi connectivity index (χ1) is 8.80. The lowest BCUT2D eigenvalue weighted by molar-refractivity contribution is 0.00555. The molecule has 1 aromatic rings. The standard InChI is InChI=1S/C14H21NO3/c1-15-14-12-9-11(17-3)5-4-10(12)8-13(14)18-7-6-16-2/h4-5,9,13-15H,6-8H2,1-3H3. The third kappa shape index (κ3) is 2.66. The van der Waals surface area contributed by atoms with Gasteiger partial charge in [-0.15, -0.1) is 0 Å². The van der Waals surface area contributed by atoms with E-state index in [1.807, 2.05) is 13.1 Å². The first-order valence-electron chi connectivity index (χ1n) is 6.24. The number of rotatable bonds is 6. The van der Waals surface area contributed by atoms with E-state index in [1.165, 1.54) is 11.1 Å². The minimum absolute atomic E-state index is 0.173. The average Bonchev–Trinajstić information content (AvgIpc) is 2.75. The molecule has 1 aromatic carbocycles. The summed E-state index contributed by atoms with van der Waals surface area (Å²) in [6, 6.07) is 6.45. The Balaban J connectivity index is 2.10. The third-order valence-electron chi connectivity index (χ3n) is 3.41. The first kappa shape index (κ1) is 13.3. The van der Waals surface area contributed by atoms with Gasteiger partial charge in [0.2, 0.25) is 0 Å². The van der Waals surface area contributed by atoms with Gasteiger partial charge in [0, 0.05) is 13.5 Å². The van der Waals surface area contributed by atoms with Crippen LogP contribution in [0.5, 0.6) is 5.75 Å². The van der Waals surface area contributed by atoms with Crippen LogP contribution in [0.15, 0.2) is 18.2 Å². The van der Waals surface area contributed by atoms with Gasteiger partial charge in [0.15, 0.2) is 0 Å². The van der Waals surface area contributed by atoms with Crippen LogP contribution in [-0.4, -0.2) is 40.6 Å². The topological polar surface area (TPSA) is 39.7 Å². The van der Waals surface area contributed by atoms with Gasteiger partial charge in [-0.25, -0.2) is 0 Å². The summed E-state index contributed by atoms with van der Waals surface area (Å²) in [5.74, 6) is 0.895. The van der Waals surface area contributed by atoms with Gasteiger partial charge in [-0.3, -0.25) is 0 Å². The molecule has 2 rings (SSSR count). The van der Waals surface area contributed by atoms with Gasteiger partial charge in [0.1, 0.15) is 5.75 Å². The predicted molar refractivity (Wildman–Crippen MR) is 70.1 cm³/mol. The highest BCUT2D eigenvalue weighted by Gasteiger charge is 2.32. The molecule has 4 heteroatoms. The van der Waals surface area contributed by atoms with E-state index >= 15 is 0 Å². The van der Waals surface area contributed by atoms with Crippen LogP contribution in [0.2, 0.25) is 0 Å². The van der Waals surface area contributed by atoms with Crippen LogP contribution >= 0.6 is 0 Å². The van der Waals surface area contributed by atoms with E-state index in [0.29, 0.717) is 13.2 Å². The Bertz CT molecular complexity index is 395. The first-order valence-corrected chi connectivity index (χ1v) is 6.24. The van der Waals surface area contributed by atoms with Crippen molar-refractivity contribution in [1.82, 2.24) is 5.32 Å². The van der Waals surface area contributed by atoms with Gasteiger partial charge in [-0.05, 0) is 30.3 Å². The lowest BCUT2D eigenvalue weighted by Crippen LogP contribution is -2.29. The van der Waals surface area contributed by atoms with Crippen molar-refractivity contribution in [2.24, 2.45) is 0 Å². The van der Waals surface area contributed by atoms with E-state index < -0.39 is 0 Å². The van der Waals surface area contributed by atoms with Crippen molar-refractivity contribution >= 4 is 0 Å². The van der Waals surface area contributed by atoms with Crippen molar-refractivity contribution in [3.63, 3.8) is 0 Å². The largest absolute Gasteiger partial charge is 0.497 e. The van der Waals surface area contributed by atoms with Gasteiger partial charge in [-0.2, -0.15) is 0 Å². The minimum atomic E-state index is 0.173. The summed E-state index contributed by atoms with van der Waals surface area (Å²) in [5, 5.41) is 3.33. The Morgan fingerprint density at radius 3 is 2.78 bits per heavy atom. The second-order valence-electron chi connectivity index (χ2n) is 4.44. The molecule has 2 atom stereocenters. The van der Waals surface area contributed by atoms with Crippen LogP contribution in [0.25, 0.3) is 0 Å². The molecule has 0 bridgehead atoms. The smallest absolute Gasteiger partial charge is 0.119 e. The molecule has 0 spiro atoms. The van der Waals surface area contributed by atoms with Crippen molar-refractivity contribution in [3.8, 4) is 5.75 Å². The van der Waals surface area contributed by atoms with Crippen molar-refractivity contribution in [3.05, 3.63) is 29.3 Å². The molecule has 0 heterocycles. The molecule has 0 amide bonds. The van der Waals surface area contributed by atoms with Crippen LogP contribution in [0.1, 0.15) is 17.2 Å². The fourth-order valence-corrected chi connectivity index (χ4v) is 2.49. The third-order valence-corrected chi connectivity index (χ3v) is 3.41. The van der Waals surface area contributed by atoms with Gasteiger partial charge in [0.25, 0.3) is 0 Å². The Labute approximate surface area is 108 Å². The van der Waals surface area contributed by atoms with E-state index in [4.69, 9.17) is 14.2 Å². The molecule has 100 valence electrons. The van der Waals surface area contributed by atoms with Crippen LogP contribution < -0.4 is 10.1 Å². The maximum Gasteiger partial charge on any atom is 0.119 e. The number of hydrogen-bond donors (Lipinski definition) is 1. The monoisotopic (exact) mass is 251 g/mol. The highest BCUT2D eigenvalue weighted by molar-refractivity contribution is 5.42. The molecule has 4 nitrogen and oxygen atoms in total. The normalized spacial score (nSPS) is 21.9. The Morgan fingerprint density at radius 1 is 1.28 bits per heavy atom. The molecule has 0 saturated carbocycles. The molecule has 0 fully saturated rings. The maximum absolute atomic E-state index is 5.87. The Hall–Kier alpha value is -1.10. The number of nitrogens with one attached hydrogen (secondary N) is 1. The number of ether oxygens (including phenoxy) is 3. The zero-order valence-corrected chi connectivity index (χ0v) is 11.2. The molecule has 0 aromatic heterocycles. The second kappa shape index (κ2) is 6.18. The predicted octanol–water partition coefficient (Wildman–Crippen LogP) is 1.54.